The second kappa shape index (κ2) is 10.0. The average molecular weight is 422 g/mol. The summed E-state index contributed by atoms with van der Waals surface area (Å²) in [6, 6.07) is 0. The highest BCUT2D eigenvalue weighted by molar-refractivity contribution is 7.13. The van der Waals surface area contributed by atoms with Gasteiger partial charge in [0.25, 0.3) is 5.91 Å². The van der Waals surface area contributed by atoms with Gasteiger partial charge in [0.2, 0.25) is 11.8 Å². The number of nitrogens with zero attached hydrogens (tertiary/aromatic N) is 4. The first kappa shape index (κ1) is 21.5. The Morgan fingerprint density at radius 3 is 2.55 bits per heavy atom. The smallest absolute Gasteiger partial charge is 0.273 e. The zero-order valence-corrected chi connectivity index (χ0v) is 18.2. The molecule has 29 heavy (non-hydrogen) atoms. The Hall–Kier alpha value is -2.16. The molecule has 1 aromatic heterocycles. The summed E-state index contributed by atoms with van der Waals surface area (Å²) in [5.41, 5.74) is 0.456. The predicted octanol–water partition coefficient (Wildman–Crippen LogP) is 1.90. The molecule has 2 aliphatic heterocycles. The van der Waals surface area contributed by atoms with Crippen molar-refractivity contribution in [3.05, 3.63) is 11.1 Å². The molecule has 1 aromatic rings. The van der Waals surface area contributed by atoms with Crippen molar-refractivity contribution in [3.8, 4) is 0 Å². The van der Waals surface area contributed by atoms with Gasteiger partial charge in [-0.1, -0.05) is 13.3 Å². The predicted molar refractivity (Wildman–Crippen MR) is 113 cm³/mol. The van der Waals surface area contributed by atoms with Gasteiger partial charge in [0, 0.05) is 58.1 Å². The zero-order valence-electron chi connectivity index (χ0n) is 17.4. The fourth-order valence-electron chi connectivity index (χ4n) is 3.85. The quantitative estimate of drug-likeness (QED) is 0.709. The summed E-state index contributed by atoms with van der Waals surface area (Å²) in [5.74, 6) is -0.106. The first-order valence-electron chi connectivity index (χ1n) is 10.5. The summed E-state index contributed by atoms with van der Waals surface area (Å²) < 4.78 is 0. The van der Waals surface area contributed by atoms with Crippen molar-refractivity contribution in [2.75, 3.05) is 51.1 Å². The summed E-state index contributed by atoms with van der Waals surface area (Å²) in [7, 11) is 0. The number of rotatable bonds is 6. The van der Waals surface area contributed by atoms with E-state index >= 15 is 0 Å². The van der Waals surface area contributed by atoms with E-state index in [2.05, 4.69) is 17.2 Å². The van der Waals surface area contributed by atoms with Gasteiger partial charge in [-0.2, -0.15) is 0 Å². The van der Waals surface area contributed by atoms with Crippen LogP contribution in [0.4, 0.5) is 5.13 Å². The molecule has 0 radical (unpaired) electrons. The van der Waals surface area contributed by atoms with Crippen LogP contribution in [0, 0.1) is 5.92 Å². The van der Waals surface area contributed by atoms with Crippen LogP contribution in [0.15, 0.2) is 5.38 Å². The molecule has 3 rings (SSSR count). The van der Waals surface area contributed by atoms with Crippen LogP contribution in [0.1, 0.15) is 50.0 Å². The van der Waals surface area contributed by atoms with E-state index in [9.17, 15) is 14.4 Å². The molecule has 9 heteroatoms. The van der Waals surface area contributed by atoms with Gasteiger partial charge in [0.05, 0.1) is 5.92 Å². The standard InChI is InChI=1S/C20H31N5O3S/c1-3-4-7-21-20-22-17(14-29-20)19(28)25-8-5-6-16(13-25)18(27)24-11-9-23(10-12-24)15(2)26/h14,16H,3-13H2,1-2H3,(H,21,22). The number of amides is 3. The lowest BCUT2D eigenvalue weighted by molar-refractivity contribution is -0.142. The molecule has 1 unspecified atom stereocenters. The van der Waals surface area contributed by atoms with E-state index in [1.54, 1.807) is 22.1 Å². The fourth-order valence-corrected chi connectivity index (χ4v) is 4.56. The van der Waals surface area contributed by atoms with E-state index in [-0.39, 0.29) is 23.6 Å². The van der Waals surface area contributed by atoms with Crippen molar-refractivity contribution < 1.29 is 14.4 Å². The van der Waals surface area contributed by atoms with E-state index in [4.69, 9.17) is 0 Å². The number of hydrogen-bond donors (Lipinski definition) is 1. The number of hydrogen-bond acceptors (Lipinski definition) is 6. The van der Waals surface area contributed by atoms with Gasteiger partial charge in [-0.05, 0) is 19.3 Å². The van der Waals surface area contributed by atoms with Crippen LogP contribution in [0.2, 0.25) is 0 Å². The number of thiazole rings is 1. The third kappa shape index (κ3) is 5.46. The number of likely N-dealkylation sites (tertiary alicyclic amines) is 1. The van der Waals surface area contributed by atoms with Crippen molar-refractivity contribution in [2.45, 2.75) is 39.5 Å². The van der Waals surface area contributed by atoms with Crippen LogP contribution in [0.3, 0.4) is 0 Å². The van der Waals surface area contributed by atoms with Crippen molar-refractivity contribution in [1.82, 2.24) is 19.7 Å². The van der Waals surface area contributed by atoms with Gasteiger partial charge >= 0.3 is 0 Å². The van der Waals surface area contributed by atoms with Crippen LogP contribution in [0.5, 0.6) is 0 Å². The minimum atomic E-state index is -0.169. The first-order chi connectivity index (χ1) is 14.0. The second-order valence-corrected chi connectivity index (χ2v) is 8.60. The van der Waals surface area contributed by atoms with Crippen LogP contribution in [-0.4, -0.2) is 83.2 Å². The third-order valence-corrected chi connectivity index (χ3v) is 6.42. The fraction of sp³-hybridized carbons (Fsp3) is 0.700. The maximum atomic E-state index is 12.9. The number of piperidine rings is 1. The maximum absolute atomic E-state index is 12.9. The van der Waals surface area contributed by atoms with Gasteiger partial charge in [-0.25, -0.2) is 4.98 Å². The van der Waals surface area contributed by atoms with Crippen LogP contribution < -0.4 is 5.32 Å². The molecule has 3 amide bonds. The number of aromatic nitrogens is 1. The molecule has 2 aliphatic rings. The zero-order chi connectivity index (χ0) is 20.8. The number of anilines is 1. The molecule has 1 atom stereocenters. The molecular formula is C20H31N5O3S. The molecule has 0 saturated carbocycles. The number of piperazine rings is 1. The van der Waals surface area contributed by atoms with E-state index in [1.807, 2.05) is 4.90 Å². The summed E-state index contributed by atoms with van der Waals surface area (Å²) >= 11 is 1.45. The Labute approximate surface area is 176 Å². The summed E-state index contributed by atoms with van der Waals surface area (Å²) in [4.78, 5) is 47.1. The maximum Gasteiger partial charge on any atom is 0.273 e. The van der Waals surface area contributed by atoms with Crippen LogP contribution in [0.25, 0.3) is 0 Å². The molecule has 0 aromatic carbocycles. The van der Waals surface area contributed by atoms with Gasteiger partial charge in [0.1, 0.15) is 5.69 Å². The van der Waals surface area contributed by atoms with E-state index in [1.165, 1.54) is 11.3 Å². The topological polar surface area (TPSA) is 85.8 Å². The number of carbonyl (C=O) groups excluding carboxylic acids is 3. The highest BCUT2D eigenvalue weighted by Crippen LogP contribution is 2.23. The highest BCUT2D eigenvalue weighted by Gasteiger charge is 2.33. The van der Waals surface area contributed by atoms with Crippen molar-refractivity contribution >= 4 is 34.2 Å². The monoisotopic (exact) mass is 421 g/mol. The minimum absolute atomic E-state index is 0.0540. The number of unbranched alkanes of at least 4 members (excludes halogenated alkanes) is 1. The molecule has 1 N–H and O–H groups in total. The summed E-state index contributed by atoms with van der Waals surface area (Å²) in [5, 5.41) is 5.82. The van der Waals surface area contributed by atoms with Gasteiger partial charge in [0.15, 0.2) is 5.13 Å². The lowest BCUT2D eigenvalue weighted by Crippen LogP contribution is -2.53. The number of carbonyl (C=O) groups is 3. The van der Waals surface area contributed by atoms with Gasteiger partial charge in [-0.3, -0.25) is 14.4 Å². The SMILES string of the molecule is CCCCNc1nc(C(=O)N2CCCC(C(=O)N3CCN(C(C)=O)CC3)C2)cs1. The summed E-state index contributed by atoms with van der Waals surface area (Å²) in [6.07, 6.45) is 3.80. The van der Waals surface area contributed by atoms with E-state index in [0.29, 0.717) is 45.0 Å². The van der Waals surface area contributed by atoms with Gasteiger partial charge in [-0.15, -0.1) is 11.3 Å². The molecule has 2 saturated heterocycles. The Balaban J connectivity index is 1.54. The van der Waals surface area contributed by atoms with Crippen LogP contribution in [-0.2, 0) is 9.59 Å². The Bertz CT molecular complexity index is 729. The lowest BCUT2D eigenvalue weighted by Gasteiger charge is -2.38. The van der Waals surface area contributed by atoms with E-state index in [0.717, 1.165) is 37.4 Å². The minimum Gasteiger partial charge on any atom is -0.362 e. The molecule has 0 bridgehead atoms. The summed E-state index contributed by atoms with van der Waals surface area (Å²) in [6.45, 7) is 7.98. The number of nitrogens with one attached hydrogen (secondary N) is 1. The molecule has 160 valence electrons. The molecule has 0 aliphatic carbocycles. The lowest BCUT2D eigenvalue weighted by atomic mass is 9.96. The molecule has 3 heterocycles. The van der Waals surface area contributed by atoms with E-state index < -0.39 is 0 Å². The molecule has 8 nitrogen and oxygen atoms in total. The molecular weight excluding hydrogens is 390 g/mol. The highest BCUT2D eigenvalue weighted by atomic mass is 32.1. The Morgan fingerprint density at radius 2 is 1.86 bits per heavy atom. The third-order valence-electron chi connectivity index (χ3n) is 5.62. The Kier molecular flexibility index (Phi) is 7.46. The molecule has 0 spiro atoms. The van der Waals surface area contributed by atoms with Crippen LogP contribution >= 0.6 is 11.3 Å². The molecule has 2 fully saturated rings. The van der Waals surface area contributed by atoms with Crippen molar-refractivity contribution in [2.24, 2.45) is 5.92 Å². The first-order valence-corrected chi connectivity index (χ1v) is 11.4. The van der Waals surface area contributed by atoms with Crippen molar-refractivity contribution in [1.29, 1.82) is 0 Å². The second-order valence-electron chi connectivity index (χ2n) is 7.74. The Morgan fingerprint density at radius 1 is 1.14 bits per heavy atom. The largest absolute Gasteiger partial charge is 0.362 e. The van der Waals surface area contributed by atoms with Crippen molar-refractivity contribution in [3.63, 3.8) is 0 Å². The van der Waals surface area contributed by atoms with Gasteiger partial charge < -0.3 is 20.0 Å². The normalized spacial score (nSPS) is 19.9. The average Bonchev–Trinajstić information content (AvgIpc) is 3.22.